The molecule has 4 nitrogen and oxygen atoms in total. The first-order valence-electron chi connectivity index (χ1n) is 6.68. The van der Waals surface area contributed by atoms with Crippen LogP contribution in [-0.4, -0.2) is 23.2 Å². The van der Waals surface area contributed by atoms with Gasteiger partial charge in [0.1, 0.15) is 5.52 Å². The Labute approximate surface area is 117 Å². The van der Waals surface area contributed by atoms with Gasteiger partial charge in [0, 0.05) is 18.8 Å². The van der Waals surface area contributed by atoms with Gasteiger partial charge in [0.25, 0.3) is 0 Å². The maximum atomic E-state index is 8.86. The topological polar surface area (TPSA) is 58.3 Å². The fourth-order valence-electron chi connectivity index (χ4n) is 2.11. The number of oxazole rings is 1. The van der Waals surface area contributed by atoms with Gasteiger partial charge in [0.15, 0.2) is 5.58 Å². The molecule has 0 atom stereocenters. The van der Waals surface area contributed by atoms with Crippen LogP contribution in [0.3, 0.4) is 0 Å². The van der Waals surface area contributed by atoms with Crippen LogP contribution in [0.1, 0.15) is 6.42 Å². The molecule has 0 spiro atoms. The number of aliphatic hydroxyl groups excluding tert-OH is 1. The van der Waals surface area contributed by atoms with Gasteiger partial charge in [-0.25, -0.2) is 4.98 Å². The standard InChI is InChI=1S/C16H16N2O2/c19-11-5-10-17-13-7-2-1-6-12(13)16-18-14-8-3-4-9-15(14)20-16/h1-4,6-9,17,19H,5,10-11H2. The van der Waals surface area contributed by atoms with Gasteiger partial charge in [-0.05, 0) is 30.7 Å². The van der Waals surface area contributed by atoms with Crippen LogP contribution in [0.4, 0.5) is 5.69 Å². The Morgan fingerprint density at radius 3 is 2.70 bits per heavy atom. The number of nitrogens with zero attached hydrogens (tertiary/aromatic N) is 1. The molecule has 20 heavy (non-hydrogen) atoms. The van der Waals surface area contributed by atoms with Crippen molar-refractivity contribution in [2.75, 3.05) is 18.5 Å². The van der Waals surface area contributed by atoms with Gasteiger partial charge in [-0.3, -0.25) is 0 Å². The van der Waals surface area contributed by atoms with Crippen LogP contribution in [0.2, 0.25) is 0 Å². The second-order valence-corrected chi connectivity index (χ2v) is 4.54. The number of benzene rings is 2. The number of aliphatic hydroxyl groups is 1. The number of hydrogen-bond acceptors (Lipinski definition) is 4. The summed E-state index contributed by atoms with van der Waals surface area (Å²) in [5, 5.41) is 12.2. The molecule has 1 aromatic heterocycles. The van der Waals surface area contributed by atoms with Crippen LogP contribution < -0.4 is 5.32 Å². The van der Waals surface area contributed by atoms with E-state index in [0.717, 1.165) is 22.4 Å². The molecule has 2 aromatic carbocycles. The fourth-order valence-corrected chi connectivity index (χ4v) is 2.11. The average molecular weight is 268 g/mol. The fraction of sp³-hybridized carbons (Fsp3) is 0.188. The van der Waals surface area contributed by atoms with Gasteiger partial charge in [-0.1, -0.05) is 24.3 Å². The number of rotatable bonds is 5. The van der Waals surface area contributed by atoms with Crippen molar-refractivity contribution >= 4 is 16.8 Å². The van der Waals surface area contributed by atoms with Crippen LogP contribution in [0, 0.1) is 0 Å². The minimum Gasteiger partial charge on any atom is -0.436 e. The van der Waals surface area contributed by atoms with Crippen LogP contribution >= 0.6 is 0 Å². The summed E-state index contributed by atoms with van der Waals surface area (Å²) in [7, 11) is 0. The number of fused-ring (bicyclic) bond motifs is 1. The van der Waals surface area contributed by atoms with Crippen molar-refractivity contribution in [1.82, 2.24) is 4.98 Å². The van der Waals surface area contributed by atoms with Crippen molar-refractivity contribution in [3.63, 3.8) is 0 Å². The summed E-state index contributed by atoms with van der Waals surface area (Å²) in [6.07, 6.45) is 0.710. The van der Waals surface area contributed by atoms with E-state index in [0.29, 0.717) is 18.9 Å². The lowest BCUT2D eigenvalue weighted by atomic mass is 10.1. The highest BCUT2D eigenvalue weighted by Gasteiger charge is 2.11. The van der Waals surface area contributed by atoms with Crippen molar-refractivity contribution in [1.29, 1.82) is 0 Å². The van der Waals surface area contributed by atoms with Crippen molar-refractivity contribution in [2.45, 2.75) is 6.42 Å². The second kappa shape index (κ2) is 5.75. The third-order valence-electron chi connectivity index (χ3n) is 3.10. The van der Waals surface area contributed by atoms with E-state index in [1.54, 1.807) is 0 Å². The summed E-state index contributed by atoms with van der Waals surface area (Å²) in [5.41, 5.74) is 3.54. The highest BCUT2D eigenvalue weighted by atomic mass is 16.3. The van der Waals surface area contributed by atoms with E-state index in [2.05, 4.69) is 10.3 Å². The van der Waals surface area contributed by atoms with Crippen LogP contribution in [0.25, 0.3) is 22.6 Å². The molecule has 0 aliphatic heterocycles. The summed E-state index contributed by atoms with van der Waals surface area (Å²) in [6, 6.07) is 15.6. The van der Waals surface area contributed by atoms with Crippen molar-refractivity contribution in [2.24, 2.45) is 0 Å². The van der Waals surface area contributed by atoms with E-state index in [-0.39, 0.29) is 6.61 Å². The van der Waals surface area contributed by atoms with Gasteiger partial charge in [0.2, 0.25) is 5.89 Å². The van der Waals surface area contributed by atoms with E-state index in [1.165, 1.54) is 0 Å². The molecule has 0 saturated carbocycles. The smallest absolute Gasteiger partial charge is 0.229 e. The van der Waals surface area contributed by atoms with E-state index in [9.17, 15) is 0 Å². The second-order valence-electron chi connectivity index (χ2n) is 4.54. The van der Waals surface area contributed by atoms with Gasteiger partial charge >= 0.3 is 0 Å². The molecule has 3 rings (SSSR count). The Hall–Kier alpha value is -2.33. The molecule has 0 saturated heterocycles. The number of hydrogen-bond donors (Lipinski definition) is 2. The molecule has 0 fully saturated rings. The van der Waals surface area contributed by atoms with Crippen molar-refractivity contribution in [3.05, 3.63) is 48.5 Å². The molecule has 102 valence electrons. The predicted octanol–water partition coefficient (Wildman–Crippen LogP) is 3.29. The first-order chi connectivity index (χ1) is 9.88. The molecule has 2 N–H and O–H groups in total. The molecular weight excluding hydrogens is 252 g/mol. The molecule has 0 bridgehead atoms. The quantitative estimate of drug-likeness (QED) is 0.697. The minimum absolute atomic E-state index is 0.179. The maximum absolute atomic E-state index is 8.86. The van der Waals surface area contributed by atoms with Gasteiger partial charge in [-0.2, -0.15) is 0 Å². The Kier molecular flexibility index (Phi) is 3.65. The zero-order chi connectivity index (χ0) is 13.8. The first kappa shape index (κ1) is 12.7. The van der Waals surface area contributed by atoms with E-state index in [1.807, 2.05) is 48.5 Å². The molecule has 4 heteroatoms. The maximum Gasteiger partial charge on any atom is 0.229 e. The number of anilines is 1. The molecule has 0 radical (unpaired) electrons. The van der Waals surface area contributed by atoms with Crippen LogP contribution in [0.5, 0.6) is 0 Å². The summed E-state index contributed by atoms with van der Waals surface area (Å²) in [5.74, 6) is 0.610. The lowest BCUT2D eigenvalue weighted by Crippen LogP contribution is -2.04. The Morgan fingerprint density at radius 2 is 1.85 bits per heavy atom. The number of nitrogens with one attached hydrogen (secondary N) is 1. The normalized spacial score (nSPS) is 10.8. The van der Waals surface area contributed by atoms with Crippen molar-refractivity contribution < 1.29 is 9.52 Å². The molecule has 0 amide bonds. The lowest BCUT2D eigenvalue weighted by Gasteiger charge is -2.08. The van der Waals surface area contributed by atoms with Gasteiger partial charge in [0.05, 0.1) is 5.56 Å². The molecule has 0 unspecified atom stereocenters. The Balaban J connectivity index is 1.96. The highest BCUT2D eigenvalue weighted by Crippen LogP contribution is 2.29. The van der Waals surface area contributed by atoms with Crippen molar-refractivity contribution in [3.8, 4) is 11.5 Å². The van der Waals surface area contributed by atoms with Gasteiger partial charge < -0.3 is 14.8 Å². The zero-order valence-corrected chi connectivity index (χ0v) is 11.0. The minimum atomic E-state index is 0.179. The molecular formula is C16H16N2O2. The van der Waals surface area contributed by atoms with Crippen LogP contribution in [-0.2, 0) is 0 Å². The van der Waals surface area contributed by atoms with E-state index < -0.39 is 0 Å². The number of para-hydroxylation sites is 3. The summed E-state index contributed by atoms with van der Waals surface area (Å²) < 4.78 is 5.80. The Morgan fingerprint density at radius 1 is 1.05 bits per heavy atom. The van der Waals surface area contributed by atoms with Gasteiger partial charge in [-0.15, -0.1) is 0 Å². The number of aromatic nitrogens is 1. The Bertz CT molecular complexity index is 673. The average Bonchev–Trinajstić information content (AvgIpc) is 2.92. The summed E-state index contributed by atoms with van der Waals surface area (Å²) >= 11 is 0. The summed E-state index contributed by atoms with van der Waals surface area (Å²) in [4.78, 5) is 4.52. The molecule has 0 aliphatic carbocycles. The van der Waals surface area contributed by atoms with E-state index >= 15 is 0 Å². The molecule has 0 aliphatic rings. The SMILES string of the molecule is OCCCNc1ccccc1-c1nc2ccccc2o1. The third kappa shape index (κ3) is 2.51. The lowest BCUT2D eigenvalue weighted by molar-refractivity contribution is 0.292. The summed E-state index contributed by atoms with van der Waals surface area (Å²) in [6.45, 7) is 0.895. The van der Waals surface area contributed by atoms with E-state index in [4.69, 9.17) is 9.52 Å². The zero-order valence-electron chi connectivity index (χ0n) is 11.0. The predicted molar refractivity (Wildman–Crippen MR) is 79.6 cm³/mol. The highest BCUT2D eigenvalue weighted by molar-refractivity contribution is 5.80. The third-order valence-corrected chi connectivity index (χ3v) is 3.10. The van der Waals surface area contributed by atoms with Crippen LogP contribution in [0.15, 0.2) is 52.9 Å². The monoisotopic (exact) mass is 268 g/mol. The first-order valence-corrected chi connectivity index (χ1v) is 6.68. The molecule has 1 heterocycles. The molecule has 3 aromatic rings. The largest absolute Gasteiger partial charge is 0.436 e.